The molecule has 4 nitrogen and oxygen atoms in total. The number of nitrogens with one attached hydrogen (secondary N) is 1. The molecule has 1 aromatic heterocycles. The molecule has 0 radical (unpaired) electrons. The quantitative estimate of drug-likeness (QED) is 0.810. The molecule has 2 aromatic rings. The molecule has 0 aliphatic rings. The Morgan fingerprint density at radius 3 is 2.61 bits per heavy atom. The first-order chi connectivity index (χ1) is 11.2. The Hall–Kier alpha value is -2.36. The number of aromatic nitrogens is 1. The van der Waals surface area contributed by atoms with Crippen molar-refractivity contribution in [2.75, 3.05) is 25.5 Å². The number of hydrogen-bond acceptors (Lipinski definition) is 3. The van der Waals surface area contributed by atoms with E-state index in [0.717, 1.165) is 38.0 Å². The first-order valence-electron chi connectivity index (χ1n) is 8.20. The number of carbonyl (C=O) groups is 1. The Labute approximate surface area is 138 Å². The van der Waals surface area contributed by atoms with E-state index in [0.29, 0.717) is 5.69 Å². The lowest BCUT2D eigenvalue weighted by atomic mass is 10.1. The maximum absolute atomic E-state index is 12.2. The molecule has 0 saturated carbocycles. The van der Waals surface area contributed by atoms with Crippen molar-refractivity contribution in [3.63, 3.8) is 0 Å². The summed E-state index contributed by atoms with van der Waals surface area (Å²) in [5.41, 5.74) is 2.74. The lowest BCUT2D eigenvalue weighted by molar-refractivity contribution is 0.0787. The van der Waals surface area contributed by atoms with Gasteiger partial charge in [0.1, 0.15) is 5.69 Å². The number of nitrogens with zero attached hydrogens (tertiary/aromatic N) is 2. The van der Waals surface area contributed by atoms with E-state index in [-0.39, 0.29) is 5.91 Å². The molecule has 0 spiro atoms. The average Bonchev–Trinajstić information content (AvgIpc) is 2.60. The minimum atomic E-state index is -0.0192. The second-order valence-electron chi connectivity index (χ2n) is 5.67. The summed E-state index contributed by atoms with van der Waals surface area (Å²) >= 11 is 0. The molecule has 1 heterocycles. The maximum atomic E-state index is 12.2. The summed E-state index contributed by atoms with van der Waals surface area (Å²) in [6.45, 7) is 3.73. The number of hydrogen-bond donors (Lipinski definition) is 1. The highest BCUT2D eigenvalue weighted by molar-refractivity contribution is 5.92. The van der Waals surface area contributed by atoms with Gasteiger partial charge in [-0.25, -0.2) is 4.98 Å². The molecule has 23 heavy (non-hydrogen) atoms. The van der Waals surface area contributed by atoms with Crippen molar-refractivity contribution in [2.24, 2.45) is 0 Å². The highest BCUT2D eigenvalue weighted by atomic mass is 16.2. The molecule has 1 N–H and O–H groups in total. The number of amides is 1. The van der Waals surface area contributed by atoms with Crippen LogP contribution in [0.15, 0.2) is 48.7 Å². The van der Waals surface area contributed by atoms with E-state index >= 15 is 0 Å². The van der Waals surface area contributed by atoms with Gasteiger partial charge in [-0.2, -0.15) is 0 Å². The zero-order valence-corrected chi connectivity index (χ0v) is 14.0. The van der Waals surface area contributed by atoms with Gasteiger partial charge < -0.3 is 10.2 Å². The highest BCUT2D eigenvalue weighted by Crippen LogP contribution is 2.09. The van der Waals surface area contributed by atoms with Gasteiger partial charge in [0.05, 0.1) is 11.9 Å². The molecule has 122 valence electrons. The minimum absolute atomic E-state index is 0.0192. The first kappa shape index (κ1) is 17.0. The Morgan fingerprint density at radius 2 is 1.96 bits per heavy atom. The summed E-state index contributed by atoms with van der Waals surface area (Å²) in [5.74, 6) is -0.0192. The van der Waals surface area contributed by atoms with E-state index in [4.69, 9.17) is 0 Å². The lowest BCUT2D eigenvalue weighted by Crippen LogP contribution is -2.28. The summed E-state index contributed by atoms with van der Waals surface area (Å²) in [6.07, 6.45) is 4.78. The van der Waals surface area contributed by atoms with E-state index in [1.54, 1.807) is 17.2 Å². The predicted molar refractivity (Wildman–Crippen MR) is 94.7 cm³/mol. The fourth-order valence-electron chi connectivity index (χ4n) is 2.31. The van der Waals surface area contributed by atoms with Crippen LogP contribution in [0.1, 0.15) is 35.8 Å². The second-order valence-corrected chi connectivity index (χ2v) is 5.67. The third-order valence-corrected chi connectivity index (χ3v) is 3.76. The Bertz CT molecular complexity index is 596. The molecule has 2 rings (SSSR count). The predicted octanol–water partition coefficient (Wildman–Crippen LogP) is 3.61. The monoisotopic (exact) mass is 311 g/mol. The zero-order valence-electron chi connectivity index (χ0n) is 14.0. The largest absolute Gasteiger partial charge is 0.383 e. The smallest absolute Gasteiger partial charge is 0.272 e. The van der Waals surface area contributed by atoms with Crippen LogP contribution in [0, 0.1) is 0 Å². The summed E-state index contributed by atoms with van der Waals surface area (Å²) < 4.78 is 0. The lowest BCUT2D eigenvalue weighted by Gasteiger charge is -2.16. The number of benzene rings is 1. The molecule has 1 amide bonds. The number of pyridine rings is 1. The molecular formula is C19H25N3O. The number of unbranched alkanes of at least 4 members (excludes halogenated alkanes) is 1. The molecule has 0 fully saturated rings. The van der Waals surface area contributed by atoms with Crippen molar-refractivity contribution in [2.45, 2.75) is 26.2 Å². The summed E-state index contributed by atoms with van der Waals surface area (Å²) in [5, 5.41) is 3.34. The van der Waals surface area contributed by atoms with E-state index < -0.39 is 0 Å². The van der Waals surface area contributed by atoms with Crippen molar-refractivity contribution in [1.29, 1.82) is 0 Å². The normalized spacial score (nSPS) is 10.3. The molecule has 0 unspecified atom stereocenters. The number of anilines is 1. The van der Waals surface area contributed by atoms with Crippen LogP contribution in [-0.2, 0) is 6.42 Å². The van der Waals surface area contributed by atoms with Crippen molar-refractivity contribution in [3.05, 3.63) is 59.9 Å². The van der Waals surface area contributed by atoms with Gasteiger partial charge in [0.25, 0.3) is 5.91 Å². The van der Waals surface area contributed by atoms with Gasteiger partial charge in [0, 0.05) is 20.1 Å². The van der Waals surface area contributed by atoms with Crippen molar-refractivity contribution >= 4 is 11.6 Å². The van der Waals surface area contributed by atoms with E-state index in [9.17, 15) is 4.79 Å². The molecule has 0 aliphatic heterocycles. The SMILES string of the molecule is CCCCN(C)C(=O)c1ccc(NCCc2ccccc2)cn1. The highest BCUT2D eigenvalue weighted by Gasteiger charge is 2.12. The number of rotatable bonds is 8. The zero-order chi connectivity index (χ0) is 16.5. The second kappa shape index (κ2) is 8.93. The third-order valence-electron chi connectivity index (χ3n) is 3.76. The van der Waals surface area contributed by atoms with Gasteiger partial charge in [-0.1, -0.05) is 43.7 Å². The standard InChI is InChI=1S/C19H25N3O/c1-3-4-14-22(2)19(23)18-11-10-17(15-21-18)20-13-12-16-8-6-5-7-9-16/h5-11,15,20H,3-4,12-14H2,1-2H3. The summed E-state index contributed by atoms with van der Waals surface area (Å²) in [6, 6.07) is 14.1. The van der Waals surface area contributed by atoms with Crippen molar-refractivity contribution < 1.29 is 4.79 Å². The van der Waals surface area contributed by atoms with Crippen LogP contribution in [0.4, 0.5) is 5.69 Å². The van der Waals surface area contributed by atoms with Crippen LogP contribution < -0.4 is 5.32 Å². The van der Waals surface area contributed by atoms with Crippen molar-refractivity contribution in [1.82, 2.24) is 9.88 Å². The van der Waals surface area contributed by atoms with Crippen LogP contribution in [0.2, 0.25) is 0 Å². The molecule has 0 atom stereocenters. The average molecular weight is 311 g/mol. The van der Waals surface area contributed by atoms with Gasteiger partial charge >= 0.3 is 0 Å². The molecule has 1 aromatic carbocycles. The van der Waals surface area contributed by atoms with Crippen LogP contribution in [0.5, 0.6) is 0 Å². The van der Waals surface area contributed by atoms with Gasteiger partial charge in [-0.15, -0.1) is 0 Å². The van der Waals surface area contributed by atoms with Crippen molar-refractivity contribution in [3.8, 4) is 0 Å². The van der Waals surface area contributed by atoms with Crippen LogP contribution >= 0.6 is 0 Å². The first-order valence-corrected chi connectivity index (χ1v) is 8.20. The van der Waals surface area contributed by atoms with E-state index in [1.807, 2.05) is 31.3 Å². The topological polar surface area (TPSA) is 45.2 Å². The summed E-state index contributed by atoms with van der Waals surface area (Å²) in [7, 11) is 1.83. The van der Waals surface area contributed by atoms with Crippen LogP contribution in [0.3, 0.4) is 0 Å². The van der Waals surface area contributed by atoms with Gasteiger partial charge in [-0.05, 0) is 30.5 Å². The summed E-state index contributed by atoms with van der Waals surface area (Å²) in [4.78, 5) is 18.2. The Kier molecular flexibility index (Phi) is 6.60. The van der Waals surface area contributed by atoms with Gasteiger partial charge in [0.15, 0.2) is 0 Å². The number of carbonyl (C=O) groups excluding carboxylic acids is 1. The minimum Gasteiger partial charge on any atom is -0.383 e. The van der Waals surface area contributed by atoms with Crippen LogP contribution in [-0.4, -0.2) is 35.9 Å². The molecule has 4 heteroatoms. The maximum Gasteiger partial charge on any atom is 0.272 e. The molecule has 0 bridgehead atoms. The molecule has 0 aliphatic carbocycles. The fourth-order valence-corrected chi connectivity index (χ4v) is 2.31. The Morgan fingerprint density at radius 1 is 1.17 bits per heavy atom. The van der Waals surface area contributed by atoms with Gasteiger partial charge in [-0.3, -0.25) is 4.79 Å². The van der Waals surface area contributed by atoms with Gasteiger partial charge in [0.2, 0.25) is 0 Å². The molecular weight excluding hydrogens is 286 g/mol. The van der Waals surface area contributed by atoms with E-state index in [2.05, 4.69) is 29.4 Å². The van der Waals surface area contributed by atoms with E-state index in [1.165, 1.54) is 5.56 Å². The molecule has 0 saturated heterocycles. The third kappa shape index (κ3) is 5.40. The fraction of sp³-hybridized carbons (Fsp3) is 0.368. The van der Waals surface area contributed by atoms with Crippen LogP contribution in [0.25, 0.3) is 0 Å². The Balaban J connectivity index is 1.83.